The molecule has 0 N–H and O–H groups in total. The number of aliphatic imine (C=N–C) groups is 1. The highest BCUT2D eigenvalue weighted by Crippen LogP contribution is 2.33. The van der Waals surface area contributed by atoms with Gasteiger partial charge in [-0.05, 0) is 32.0 Å². The van der Waals surface area contributed by atoms with E-state index in [-0.39, 0.29) is 6.61 Å². The normalized spacial score (nSPS) is 10.8. The molecule has 26 heavy (non-hydrogen) atoms. The maximum absolute atomic E-state index is 13.6. The summed E-state index contributed by atoms with van der Waals surface area (Å²) in [6.45, 7) is 4.48. The van der Waals surface area contributed by atoms with Crippen molar-refractivity contribution in [3.8, 4) is 5.75 Å². The van der Waals surface area contributed by atoms with Crippen molar-refractivity contribution in [3.63, 3.8) is 0 Å². The Morgan fingerprint density at radius 1 is 1.27 bits per heavy atom. The Hall–Kier alpha value is -2.89. The van der Waals surface area contributed by atoms with Gasteiger partial charge in [0.1, 0.15) is 23.9 Å². The number of methoxy groups -OCH3 is 1. The average Bonchev–Trinajstić information content (AvgIpc) is 2.65. The molecule has 0 atom stereocenters. The molecule has 0 aliphatic rings. The minimum Gasteiger partial charge on any atom is -0.494 e. The summed E-state index contributed by atoms with van der Waals surface area (Å²) in [5.41, 5.74) is 1.94. The first-order valence-corrected chi connectivity index (χ1v) is 8.30. The molecule has 138 valence electrons. The van der Waals surface area contributed by atoms with Gasteiger partial charge in [-0.15, -0.1) is 0 Å². The summed E-state index contributed by atoms with van der Waals surface area (Å²) in [7, 11) is 3.44. The molecule has 0 spiro atoms. The molecule has 0 unspecified atom stereocenters. The van der Waals surface area contributed by atoms with Gasteiger partial charge in [-0.1, -0.05) is 18.2 Å². The molecule has 0 aromatic heterocycles. The summed E-state index contributed by atoms with van der Waals surface area (Å²) in [6.07, 6.45) is 1.70. The zero-order valence-corrected chi connectivity index (χ0v) is 15.5. The van der Waals surface area contributed by atoms with Crippen LogP contribution < -0.4 is 4.74 Å². The van der Waals surface area contributed by atoms with Gasteiger partial charge in [0.05, 0.1) is 19.0 Å². The lowest BCUT2D eigenvalue weighted by molar-refractivity contribution is 0.0467. The third kappa shape index (κ3) is 4.59. The Morgan fingerprint density at radius 3 is 2.65 bits per heavy atom. The Kier molecular flexibility index (Phi) is 6.72. The molecule has 0 amide bonds. The highest BCUT2D eigenvalue weighted by Gasteiger charge is 2.17. The summed E-state index contributed by atoms with van der Waals surface area (Å²) in [5, 5.41) is 0. The molecule has 0 aliphatic carbocycles. The van der Waals surface area contributed by atoms with E-state index in [1.807, 2.05) is 18.9 Å². The second-order valence-electron chi connectivity index (χ2n) is 5.78. The quantitative estimate of drug-likeness (QED) is 0.425. The van der Waals surface area contributed by atoms with Crippen molar-refractivity contribution in [2.24, 2.45) is 4.99 Å². The van der Waals surface area contributed by atoms with Crippen LogP contribution in [0.15, 0.2) is 41.4 Å². The third-order valence-electron chi connectivity index (χ3n) is 4.02. The van der Waals surface area contributed by atoms with Gasteiger partial charge in [0.25, 0.3) is 0 Å². The first-order valence-electron chi connectivity index (χ1n) is 8.30. The van der Waals surface area contributed by atoms with Crippen LogP contribution in [0.4, 0.5) is 10.1 Å². The van der Waals surface area contributed by atoms with Crippen LogP contribution in [0.5, 0.6) is 5.75 Å². The standard InChI is InChI=1S/C20H23FN2O3/c1-5-23(3)13-22-18-11-10-16(14(2)19(18)25-4)20(24)26-12-15-8-6-7-9-17(15)21/h6-11,13H,5,12H2,1-4H3/b22-13+. The van der Waals surface area contributed by atoms with Crippen molar-refractivity contribution in [3.05, 3.63) is 58.9 Å². The van der Waals surface area contributed by atoms with Gasteiger partial charge in [0.2, 0.25) is 0 Å². The Morgan fingerprint density at radius 2 is 2.00 bits per heavy atom. The molecule has 0 fully saturated rings. The number of nitrogens with zero attached hydrogens (tertiary/aromatic N) is 2. The van der Waals surface area contributed by atoms with Crippen LogP contribution in [0.2, 0.25) is 0 Å². The van der Waals surface area contributed by atoms with E-state index in [2.05, 4.69) is 4.99 Å². The van der Waals surface area contributed by atoms with Gasteiger partial charge in [-0.3, -0.25) is 0 Å². The van der Waals surface area contributed by atoms with Crippen LogP contribution in [0.25, 0.3) is 0 Å². The monoisotopic (exact) mass is 358 g/mol. The van der Waals surface area contributed by atoms with Gasteiger partial charge < -0.3 is 14.4 Å². The molecule has 0 bridgehead atoms. The molecule has 2 aromatic rings. The minimum atomic E-state index is -0.537. The Bertz CT molecular complexity index is 806. The van der Waals surface area contributed by atoms with E-state index in [4.69, 9.17) is 9.47 Å². The van der Waals surface area contributed by atoms with Crippen LogP contribution in [-0.2, 0) is 11.3 Å². The fraction of sp³-hybridized carbons (Fsp3) is 0.300. The zero-order chi connectivity index (χ0) is 19.1. The van der Waals surface area contributed by atoms with Gasteiger partial charge in [0.15, 0.2) is 0 Å². The predicted octanol–water partition coefficient (Wildman–Crippen LogP) is 4.11. The number of benzene rings is 2. The molecule has 2 aromatic carbocycles. The van der Waals surface area contributed by atoms with Gasteiger partial charge >= 0.3 is 5.97 Å². The van der Waals surface area contributed by atoms with Crippen LogP contribution in [0, 0.1) is 12.7 Å². The van der Waals surface area contributed by atoms with Crippen molar-refractivity contribution in [1.82, 2.24) is 4.90 Å². The van der Waals surface area contributed by atoms with Crippen molar-refractivity contribution in [2.45, 2.75) is 20.5 Å². The van der Waals surface area contributed by atoms with Gasteiger partial charge in [0, 0.05) is 24.7 Å². The first kappa shape index (κ1) is 19.4. The summed E-state index contributed by atoms with van der Waals surface area (Å²) in [5.74, 6) is -0.435. The summed E-state index contributed by atoms with van der Waals surface area (Å²) >= 11 is 0. The molecule has 5 nitrogen and oxygen atoms in total. The Balaban J connectivity index is 2.20. The maximum Gasteiger partial charge on any atom is 0.338 e. The Labute approximate surface area is 153 Å². The minimum absolute atomic E-state index is 0.130. The average molecular weight is 358 g/mol. The number of ether oxygens (including phenoxy) is 2. The van der Waals surface area contributed by atoms with Crippen LogP contribution >= 0.6 is 0 Å². The molecule has 0 heterocycles. The molecular formula is C20H23FN2O3. The number of rotatable bonds is 7. The molecule has 0 radical (unpaired) electrons. The number of hydrogen-bond donors (Lipinski definition) is 0. The van der Waals surface area contributed by atoms with Crippen LogP contribution in [-0.4, -0.2) is 37.9 Å². The summed E-state index contributed by atoms with van der Waals surface area (Å²) in [4.78, 5) is 18.7. The smallest absolute Gasteiger partial charge is 0.338 e. The van der Waals surface area contributed by atoms with Crippen molar-refractivity contribution in [2.75, 3.05) is 20.7 Å². The van der Waals surface area contributed by atoms with Crippen molar-refractivity contribution in [1.29, 1.82) is 0 Å². The lowest BCUT2D eigenvalue weighted by Gasteiger charge is -2.14. The number of esters is 1. The predicted molar refractivity (Wildman–Crippen MR) is 99.7 cm³/mol. The SMILES string of the molecule is CCN(C)/C=N/c1ccc(C(=O)OCc2ccccc2F)c(C)c1OC. The van der Waals surface area contributed by atoms with Gasteiger partial charge in [-0.2, -0.15) is 0 Å². The molecule has 2 rings (SSSR count). The highest BCUT2D eigenvalue weighted by atomic mass is 19.1. The van der Waals surface area contributed by atoms with E-state index in [1.165, 1.54) is 13.2 Å². The number of halogens is 1. The largest absolute Gasteiger partial charge is 0.494 e. The maximum atomic E-state index is 13.6. The van der Waals surface area contributed by atoms with E-state index >= 15 is 0 Å². The van der Waals surface area contributed by atoms with Crippen molar-refractivity contribution < 1.29 is 18.7 Å². The third-order valence-corrected chi connectivity index (χ3v) is 4.02. The molecule has 6 heteroatoms. The van der Waals surface area contributed by atoms with Crippen molar-refractivity contribution >= 4 is 18.0 Å². The van der Waals surface area contributed by atoms with Gasteiger partial charge in [-0.25, -0.2) is 14.2 Å². The fourth-order valence-electron chi connectivity index (χ4n) is 2.34. The number of carbonyl (C=O) groups excluding carboxylic acids is 1. The fourth-order valence-corrected chi connectivity index (χ4v) is 2.34. The zero-order valence-electron chi connectivity index (χ0n) is 15.5. The molecule has 0 saturated heterocycles. The highest BCUT2D eigenvalue weighted by molar-refractivity contribution is 5.93. The molecule has 0 aliphatic heterocycles. The summed E-state index contributed by atoms with van der Waals surface area (Å²) in [6, 6.07) is 9.53. The van der Waals surface area contributed by atoms with E-state index in [9.17, 15) is 9.18 Å². The van der Waals surface area contributed by atoms with Crippen LogP contribution in [0.3, 0.4) is 0 Å². The first-order chi connectivity index (χ1) is 12.5. The molecular weight excluding hydrogens is 335 g/mol. The van der Waals surface area contributed by atoms with E-state index in [0.717, 1.165) is 6.54 Å². The topological polar surface area (TPSA) is 51.1 Å². The van der Waals surface area contributed by atoms with E-state index < -0.39 is 11.8 Å². The van der Waals surface area contributed by atoms with E-state index in [0.29, 0.717) is 28.1 Å². The van der Waals surface area contributed by atoms with Crippen LogP contribution in [0.1, 0.15) is 28.4 Å². The second-order valence-corrected chi connectivity index (χ2v) is 5.78. The lowest BCUT2D eigenvalue weighted by atomic mass is 10.1. The number of carbonyl (C=O) groups is 1. The molecule has 0 saturated carbocycles. The summed E-state index contributed by atoms with van der Waals surface area (Å²) < 4.78 is 24.3. The second kappa shape index (κ2) is 8.99. The lowest BCUT2D eigenvalue weighted by Crippen LogP contribution is -2.14. The van der Waals surface area contributed by atoms with E-state index in [1.54, 1.807) is 43.6 Å². The number of hydrogen-bond acceptors (Lipinski definition) is 4.